The Kier molecular flexibility index (Phi) is 4.23. The summed E-state index contributed by atoms with van der Waals surface area (Å²) in [6.07, 6.45) is -1.78. The standard InChI is InChI=1S/C14H18F2N2O2/c1-10(11-5-3-2-4-6-11)17-13(20)18-8-7-12(19)14(15,16)9-18/h2-6,10,12,19H,7-9H2,1H3,(H,17,20)/t10-,12+/m0/s1. The minimum absolute atomic E-state index is 0.111. The monoisotopic (exact) mass is 284 g/mol. The lowest BCUT2D eigenvalue weighted by molar-refractivity contribution is -0.141. The van der Waals surface area contributed by atoms with Gasteiger partial charge in [-0.05, 0) is 18.9 Å². The molecule has 0 spiro atoms. The molecule has 2 atom stereocenters. The molecule has 1 heterocycles. The van der Waals surface area contributed by atoms with E-state index in [-0.39, 0.29) is 19.0 Å². The van der Waals surface area contributed by atoms with Gasteiger partial charge in [-0.3, -0.25) is 0 Å². The Morgan fingerprint density at radius 2 is 2.10 bits per heavy atom. The van der Waals surface area contributed by atoms with Crippen LogP contribution in [0, 0.1) is 0 Å². The predicted octanol–water partition coefficient (Wildman–Crippen LogP) is 2.16. The van der Waals surface area contributed by atoms with E-state index in [2.05, 4.69) is 5.32 Å². The maximum atomic E-state index is 13.4. The Morgan fingerprint density at radius 3 is 2.70 bits per heavy atom. The van der Waals surface area contributed by atoms with E-state index in [1.54, 1.807) is 6.92 Å². The Hall–Kier alpha value is -1.69. The van der Waals surface area contributed by atoms with E-state index in [1.165, 1.54) is 0 Å². The van der Waals surface area contributed by atoms with Crippen LogP contribution in [-0.4, -0.2) is 41.2 Å². The zero-order valence-electron chi connectivity index (χ0n) is 11.2. The van der Waals surface area contributed by atoms with Crippen molar-refractivity contribution in [3.05, 3.63) is 35.9 Å². The van der Waals surface area contributed by atoms with Gasteiger partial charge in [-0.25, -0.2) is 13.6 Å². The lowest BCUT2D eigenvalue weighted by atomic mass is 10.0. The van der Waals surface area contributed by atoms with Crippen LogP contribution < -0.4 is 5.32 Å². The van der Waals surface area contributed by atoms with E-state index in [0.29, 0.717) is 0 Å². The lowest BCUT2D eigenvalue weighted by Crippen LogP contribution is -2.55. The molecular formula is C14H18F2N2O2. The van der Waals surface area contributed by atoms with Crippen molar-refractivity contribution >= 4 is 6.03 Å². The third-order valence-corrected chi connectivity index (χ3v) is 3.49. The van der Waals surface area contributed by atoms with Crippen molar-refractivity contribution in [3.63, 3.8) is 0 Å². The molecule has 1 aromatic rings. The second-order valence-electron chi connectivity index (χ2n) is 5.07. The summed E-state index contributed by atoms with van der Waals surface area (Å²) in [4.78, 5) is 13.0. The quantitative estimate of drug-likeness (QED) is 0.874. The summed E-state index contributed by atoms with van der Waals surface area (Å²) < 4.78 is 26.8. The summed E-state index contributed by atoms with van der Waals surface area (Å²) in [5, 5.41) is 11.9. The zero-order valence-corrected chi connectivity index (χ0v) is 11.2. The van der Waals surface area contributed by atoms with Gasteiger partial charge in [-0.2, -0.15) is 0 Å². The average Bonchev–Trinajstić information content (AvgIpc) is 2.42. The number of hydrogen-bond donors (Lipinski definition) is 2. The molecule has 0 saturated carbocycles. The van der Waals surface area contributed by atoms with E-state index < -0.39 is 24.6 Å². The van der Waals surface area contributed by atoms with Crippen LogP contribution in [0.15, 0.2) is 30.3 Å². The Balaban J connectivity index is 1.95. The van der Waals surface area contributed by atoms with Crippen LogP contribution in [0.2, 0.25) is 0 Å². The molecule has 110 valence electrons. The SMILES string of the molecule is C[C@H](NC(=O)N1CC[C@@H](O)C(F)(F)C1)c1ccccc1. The number of likely N-dealkylation sites (tertiary alicyclic amines) is 1. The Bertz CT molecular complexity index is 468. The number of amides is 2. The molecule has 2 amide bonds. The van der Waals surface area contributed by atoms with Gasteiger partial charge < -0.3 is 15.3 Å². The molecule has 1 fully saturated rings. The summed E-state index contributed by atoms with van der Waals surface area (Å²) in [5.74, 6) is -3.24. The van der Waals surface area contributed by atoms with Crippen LogP contribution in [0.4, 0.5) is 13.6 Å². The zero-order chi connectivity index (χ0) is 14.8. The number of carbonyl (C=O) groups excluding carboxylic acids is 1. The Labute approximate surface area is 116 Å². The van der Waals surface area contributed by atoms with E-state index >= 15 is 0 Å². The lowest BCUT2D eigenvalue weighted by Gasteiger charge is -2.36. The summed E-state index contributed by atoms with van der Waals surface area (Å²) >= 11 is 0. The fourth-order valence-electron chi connectivity index (χ4n) is 2.20. The number of nitrogens with one attached hydrogen (secondary N) is 1. The van der Waals surface area contributed by atoms with E-state index in [9.17, 15) is 18.7 Å². The van der Waals surface area contributed by atoms with Crippen molar-refractivity contribution < 1.29 is 18.7 Å². The van der Waals surface area contributed by atoms with Gasteiger partial charge in [0.2, 0.25) is 0 Å². The first-order chi connectivity index (χ1) is 9.40. The second-order valence-corrected chi connectivity index (χ2v) is 5.07. The van der Waals surface area contributed by atoms with Crippen molar-refractivity contribution in [2.45, 2.75) is 31.4 Å². The summed E-state index contributed by atoms with van der Waals surface area (Å²) in [5.41, 5.74) is 0.907. The molecule has 1 aliphatic heterocycles. The van der Waals surface area contributed by atoms with Gasteiger partial charge in [0, 0.05) is 6.54 Å². The smallest absolute Gasteiger partial charge is 0.318 e. The van der Waals surface area contributed by atoms with E-state index in [4.69, 9.17) is 0 Å². The molecule has 0 bridgehead atoms. The number of piperidine rings is 1. The number of hydrogen-bond acceptors (Lipinski definition) is 2. The first kappa shape index (κ1) is 14.7. The number of halogens is 2. The van der Waals surface area contributed by atoms with Gasteiger partial charge in [-0.15, -0.1) is 0 Å². The van der Waals surface area contributed by atoms with Crippen molar-refractivity contribution in [2.75, 3.05) is 13.1 Å². The normalized spacial score (nSPS) is 23.2. The fourth-order valence-corrected chi connectivity index (χ4v) is 2.20. The van der Waals surface area contributed by atoms with Crippen molar-refractivity contribution in [1.82, 2.24) is 10.2 Å². The average molecular weight is 284 g/mol. The number of aliphatic hydroxyl groups excluding tert-OH is 1. The second kappa shape index (κ2) is 5.75. The largest absolute Gasteiger partial charge is 0.387 e. The number of nitrogens with zero attached hydrogens (tertiary/aromatic N) is 1. The van der Waals surface area contributed by atoms with Crippen LogP contribution in [0.5, 0.6) is 0 Å². The van der Waals surface area contributed by atoms with Gasteiger partial charge in [0.15, 0.2) is 0 Å². The third kappa shape index (κ3) is 3.25. The molecule has 0 aliphatic carbocycles. The highest BCUT2D eigenvalue weighted by atomic mass is 19.3. The van der Waals surface area contributed by atoms with Gasteiger partial charge >= 0.3 is 6.03 Å². The van der Waals surface area contributed by atoms with Crippen LogP contribution in [0.3, 0.4) is 0 Å². The first-order valence-corrected chi connectivity index (χ1v) is 6.56. The maximum absolute atomic E-state index is 13.4. The fraction of sp³-hybridized carbons (Fsp3) is 0.500. The minimum Gasteiger partial charge on any atom is -0.387 e. The summed E-state index contributed by atoms with van der Waals surface area (Å²) in [7, 11) is 0. The van der Waals surface area contributed by atoms with Crippen molar-refractivity contribution in [1.29, 1.82) is 0 Å². The number of rotatable bonds is 2. The molecule has 6 heteroatoms. The van der Waals surface area contributed by atoms with Gasteiger partial charge in [0.25, 0.3) is 5.92 Å². The number of alkyl halides is 2. The molecule has 4 nitrogen and oxygen atoms in total. The molecule has 0 unspecified atom stereocenters. The van der Waals surface area contributed by atoms with Crippen LogP contribution in [0.25, 0.3) is 0 Å². The molecule has 20 heavy (non-hydrogen) atoms. The van der Waals surface area contributed by atoms with E-state index in [1.807, 2.05) is 30.3 Å². The molecule has 1 saturated heterocycles. The highest BCUT2D eigenvalue weighted by Crippen LogP contribution is 2.27. The highest BCUT2D eigenvalue weighted by molar-refractivity contribution is 5.75. The van der Waals surface area contributed by atoms with Crippen LogP contribution in [0.1, 0.15) is 24.9 Å². The van der Waals surface area contributed by atoms with Crippen LogP contribution in [-0.2, 0) is 0 Å². The number of urea groups is 1. The molecule has 1 aliphatic rings. The third-order valence-electron chi connectivity index (χ3n) is 3.49. The summed E-state index contributed by atoms with van der Waals surface area (Å²) in [6.45, 7) is 1.18. The number of benzene rings is 1. The van der Waals surface area contributed by atoms with Crippen LogP contribution >= 0.6 is 0 Å². The number of aliphatic hydroxyl groups is 1. The topological polar surface area (TPSA) is 52.6 Å². The predicted molar refractivity (Wildman–Crippen MR) is 70.5 cm³/mol. The van der Waals surface area contributed by atoms with Crippen molar-refractivity contribution in [2.24, 2.45) is 0 Å². The molecule has 2 rings (SSSR count). The number of carbonyl (C=O) groups is 1. The minimum atomic E-state index is -3.24. The molecule has 1 aromatic carbocycles. The Morgan fingerprint density at radius 1 is 1.45 bits per heavy atom. The molecule has 0 aromatic heterocycles. The first-order valence-electron chi connectivity index (χ1n) is 6.56. The molecule has 2 N–H and O–H groups in total. The summed E-state index contributed by atoms with van der Waals surface area (Å²) in [6, 6.07) is 8.49. The maximum Gasteiger partial charge on any atom is 0.318 e. The van der Waals surface area contributed by atoms with Crippen molar-refractivity contribution in [3.8, 4) is 0 Å². The van der Waals surface area contributed by atoms with E-state index in [0.717, 1.165) is 10.5 Å². The van der Waals surface area contributed by atoms with Gasteiger partial charge in [0.05, 0.1) is 12.6 Å². The highest BCUT2D eigenvalue weighted by Gasteiger charge is 2.45. The van der Waals surface area contributed by atoms with Gasteiger partial charge in [-0.1, -0.05) is 30.3 Å². The molecule has 0 radical (unpaired) electrons. The molecular weight excluding hydrogens is 266 g/mol. The van der Waals surface area contributed by atoms with Gasteiger partial charge in [0.1, 0.15) is 6.10 Å².